The minimum atomic E-state index is -0.245. The lowest BCUT2D eigenvalue weighted by molar-refractivity contribution is 0.286. The van der Waals surface area contributed by atoms with E-state index in [1.165, 1.54) is 4.68 Å². The van der Waals surface area contributed by atoms with Gasteiger partial charge in [0.2, 0.25) is 0 Å². The first-order chi connectivity index (χ1) is 5.66. The summed E-state index contributed by atoms with van der Waals surface area (Å²) in [6.45, 7) is 0.130. The molecular formula is C7H13N3O2. The van der Waals surface area contributed by atoms with E-state index in [1.807, 2.05) is 0 Å². The van der Waals surface area contributed by atoms with Gasteiger partial charge in [-0.25, -0.2) is 9.48 Å². The summed E-state index contributed by atoms with van der Waals surface area (Å²) in [5.41, 5.74) is -0.245. The Morgan fingerprint density at radius 2 is 2.08 bits per heavy atom. The summed E-state index contributed by atoms with van der Waals surface area (Å²) in [5.74, 6) is 0.719. The van der Waals surface area contributed by atoms with Crippen molar-refractivity contribution in [2.45, 2.75) is 12.8 Å². The van der Waals surface area contributed by atoms with E-state index in [9.17, 15) is 4.79 Å². The first kappa shape index (κ1) is 8.99. The molecule has 0 aliphatic heterocycles. The highest BCUT2D eigenvalue weighted by Crippen LogP contribution is 1.94. The molecule has 0 fully saturated rings. The third-order valence-electron chi connectivity index (χ3n) is 1.88. The Bertz CT molecular complexity index is 313. The van der Waals surface area contributed by atoms with Crippen molar-refractivity contribution in [3.05, 3.63) is 16.3 Å². The number of aryl methyl sites for hydroxylation is 1. The highest BCUT2D eigenvalue weighted by Gasteiger charge is 2.04. The molecule has 5 nitrogen and oxygen atoms in total. The fraction of sp³-hybridized carbons (Fsp3) is 0.714. The number of hydrogen-bond acceptors (Lipinski definition) is 3. The lowest BCUT2D eigenvalue weighted by atomic mass is 10.3. The molecule has 1 aromatic rings. The molecule has 0 saturated heterocycles. The van der Waals surface area contributed by atoms with Crippen LogP contribution < -0.4 is 5.69 Å². The maximum absolute atomic E-state index is 11.0. The number of aromatic nitrogens is 3. The summed E-state index contributed by atoms with van der Waals surface area (Å²) in [7, 11) is 3.44. The summed E-state index contributed by atoms with van der Waals surface area (Å²) in [5, 5.41) is 8.57. The fourth-order valence-electron chi connectivity index (χ4n) is 1.01. The van der Waals surface area contributed by atoms with Crippen LogP contribution >= 0.6 is 0 Å². The van der Waals surface area contributed by atoms with Gasteiger partial charge in [0.05, 0.1) is 0 Å². The zero-order valence-corrected chi connectivity index (χ0v) is 7.32. The van der Waals surface area contributed by atoms with Crippen molar-refractivity contribution < 1.29 is 5.11 Å². The van der Waals surface area contributed by atoms with Gasteiger partial charge in [-0.3, -0.25) is 4.68 Å². The first-order valence-electron chi connectivity index (χ1n) is 3.86. The third kappa shape index (κ3) is 1.55. The number of rotatable bonds is 3. The number of hydrogen-bond donors (Lipinski definition) is 1. The normalized spacial score (nSPS) is 10.6. The van der Waals surface area contributed by atoms with Crippen molar-refractivity contribution in [3.8, 4) is 0 Å². The van der Waals surface area contributed by atoms with E-state index in [2.05, 4.69) is 4.98 Å². The summed E-state index contributed by atoms with van der Waals surface area (Å²) >= 11 is 0. The SMILES string of the molecule is Cn1c(CCCO)nc(=O)n1C. The molecule has 0 radical (unpaired) electrons. The molecule has 0 atom stereocenters. The number of aliphatic hydroxyl groups is 1. The Morgan fingerprint density at radius 1 is 1.42 bits per heavy atom. The molecule has 0 aliphatic rings. The minimum Gasteiger partial charge on any atom is -0.396 e. The van der Waals surface area contributed by atoms with Gasteiger partial charge in [-0.15, -0.1) is 0 Å². The largest absolute Gasteiger partial charge is 0.396 e. The predicted octanol–water partition coefficient (Wildman–Crippen LogP) is -0.956. The monoisotopic (exact) mass is 171 g/mol. The molecule has 0 bridgehead atoms. The van der Waals surface area contributed by atoms with E-state index in [0.29, 0.717) is 12.8 Å². The second-order valence-electron chi connectivity index (χ2n) is 2.68. The van der Waals surface area contributed by atoms with Crippen LogP contribution in [-0.4, -0.2) is 26.1 Å². The number of nitrogens with zero attached hydrogens (tertiary/aromatic N) is 3. The van der Waals surface area contributed by atoms with Gasteiger partial charge in [0.25, 0.3) is 0 Å². The molecule has 12 heavy (non-hydrogen) atoms. The number of aliphatic hydroxyl groups excluding tert-OH is 1. The Morgan fingerprint density at radius 3 is 2.50 bits per heavy atom. The van der Waals surface area contributed by atoms with Gasteiger partial charge in [0.15, 0.2) is 0 Å². The van der Waals surface area contributed by atoms with Crippen LogP contribution in [0.1, 0.15) is 12.2 Å². The molecule has 1 N–H and O–H groups in total. The van der Waals surface area contributed by atoms with Crippen LogP contribution in [0.4, 0.5) is 0 Å². The van der Waals surface area contributed by atoms with Crippen LogP contribution in [0.25, 0.3) is 0 Å². The topological polar surface area (TPSA) is 60.0 Å². The highest BCUT2D eigenvalue weighted by atomic mass is 16.3. The van der Waals surface area contributed by atoms with Crippen molar-refractivity contribution in [2.75, 3.05) is 6.61 Å². The van der Waals surface area contributed by atoms with Gasteiger partial charge in [0, 0.05) is 27.1 Å². The molecule has 0 unspecified atom stereocenters. The summed E-state index contributed by atoms with van der Waals surface area (Å²) < 4.78 is 3.13. The summed E-state index contributed by atoms with van der Waals surface area (Å²) in [4.78, 5) is 14.8. The van der Waals surface area contributed by atoms with Crippen LogP contribution in [0.5, 0.6) is 0 Å². The first-order valence-corrected chi connectivity index (χ1v) is 3.86. The van der Waals surface area contributed by atoms with Gasteiger partial charge < -0.3 is 5.11 Å². The Kier molecular flexibility index (Phi) is 2.65. The molecule has 68 valence electrons. The molecule has 5 heteroatoms. The molecule has 1 heterocycles. The molecule has 0 saturated carbocycles. The van der Waals surface area contributed by atoms with Gasteiger partial charge in [-0.05, 0) is 6.42 Å². The van der Waals surface area contributed by atoms with Gasteiger partial charge in [0.1, 0.15) is 5.82 Å². The lowest BCUT2D eigenvalue weighted by Crippen LogP contribution is -2.18. The van der Waals surface area contributed by atoms with Crippen molar-refractivity contribution in [1.29, 1.82) is 0 Å². The summed E-state index contributed by atoms with van der Waals surface area (Å²) in [6, 6.07) is 0. The summed E-state index contributed by atoms with van der Waals surface area (Å²) in [6.07, 6.45) is 1.29. The quantitative estimate of drug-likeness (QED) is 0.637. The molecule has 1 aromatic heterocycles. The van der Waals surface area contributed by atoms with Crippen LogP contribution in [0.2, 0.25) is 0 Å². The second-order valence-corrected chi connectivity index (χ2v) is 2.68. The van der Waals surface area contributed by atoms with Crippen molar-refractivity contribution in [1.82, 2.24) is 14.3 Å². The Labute approximate surface area is 70.2 Å². The van der Waals surface area contributed by atoms with Crippen LogP contribution in [0.15, 0.2) is 4.79 Å². The Hall–Kier alpha value is -1.10. The van der Waals surface area contributed by atoms with Crippen LogP contribution in [-0.2, 0) is 20.5 Å². The smallest absolute Gasteiger partial charge is 0.363 e. The maximum atomic E-state index is 11.0. The fourth-order valence-corrected chi connectivity index (χ4v) is 1.01. The average molecular weight is 171 g/mol. The van der Waals surface area contributed by atoms with E-state index in [1.54, 1.807) is 18.8 Å². The standard InChI is InChI=1S/C7H13N3O2/c1-9-6(4-3-5-11)8-7(12)10(9)2/h11H,3-5H2,1-2H3. The van der Waals surface area contributed by atoms with E-state index >= 15 is 0 Å². The lowest BCUT2D eigenvalue weighted by Gasteiger charge is -2.01. The van der Waals surface area contributed by atoms with Crippen LogP contribution in [0, 0.1) is 0 Å². The molecule has 1 rings (SSSR count). The Balaban J connectivity index is 2.86. The third-order valence-corrected chi connectivity index (χ3v) is 1.88. The van der Waals surface area contributed by atoms with Crippen molar-refractivity contribution in [3.63, 3.8) is 0 Å². The molecular weight excluding hydrogens is 158 g/mol. The zero-order valence-electron chi connectivity index (χ0n) is 7.32. The maximum Gasteiger partial charge on any atom is 0.363 e. The van der Waals surface area contributed by atoms with Gasteiger partial charge in [-0.1, -0.05) is 0 Å². The molecule has 0 aromatic carbocycles. The van der Waals surface area contributed by atoms with E-state index < -0.39 is 0 Å². The van der Waals surface area contributed by atoms with Crippen molar-refractivity contribution in [2.24, 2.45) is 14.1 Å². The molecule has 0 amide bonds. The zero-order chi connectivity index (χ0) is 9.14. The van der Waals surface area contributed by atoms with Crippen LogP contribution in [0.3, 0.4) is 0 Å². The highest BCUT2D eigenvalue weighted by molar-refractivity contribution is 4.85. The van der Waals surface area contributed by atoms with Crippen molar-refractivity contribution >= 4 is 0 Å². The van der Waals surface area contributed by atoms with E-state index in [4.69, 9.17) is 5.11 Å². The van der Waals surface area contributed by atoms with E-state index in [0.717, 1.165) is 5.82 Å². The predicted molar refractivity (Wildman–Crippen MR) is 43.9 cm³/mol. The van der Waals surface area contributed by atoms with Gasteiger partial charge in [-0.2, -0.15) is 4.98 Å². The average Bonchev–Trinajstić information content (AvgIpc) is 2.30. The molecule has 0 aliphatic carbocycles. The van der Waals surface area contributed by atoms with Gasteiger partial charge >= 0.3 is 5.69 Å². The second kappa shape index (κ2) is 3.53. The van der Waals surface area contributed by atoms with E-state index in [-0.39, 0.29) is 12.3 Å². The minimum absolute atomic E-state index is 0.130. The molecule has 0 spiro atoms.